The largest absolute Gasteiger partial charge is 0.0805 e. The zero-order valence-corrected chi connectivity index (χ0v) is 9.17. The van der Waals surface area contributed by atoms with E-state index in [2.05, 4.69) is 45.9 Å². The maximum Gasteiger partial charge on any atom is -0.00250 e. The van der Waals surface area contributed by atoms with Crippen molar-refractivity contribution in [2.75, 3.05) is 0 Å². The maximum atomic E-state index is 2.45. The fourth-order valence-corrected chi connectivity index (χ4v) is 3.22. The molecule has 0 aromatic heterocycles. The Morgan fingerprint density at radius 3 is 2.69 bits per heavy atom. The molecule has 0 amide bonds. The van der Waals surface area contributed by atoms with E-state index in [0.717, 1.165) is 17.8 Å². The van der Waals surface area contributed by atoms with E-state index >= 15 is 0 Å². The van der Waals surface area contributed by atoms with Crippen LogP contribution in [0.25, 0.3) is 0 Å². The third-order valence-corrected chi connectivity index (χ3v) is 4.73. The highest BCUT2D eigenvalue weighted by molar-refractivity contribution is 5.29. The van der Waals surface area contributed by atoms with Crippen molar-refractivity contribution in [1.82, 2.24) is 0 Å². The lowest BCUT2D eigenvalue weighted by Crippen LogP contribution is -2.30. The highest BCUT2D eigenvalue weighted by Crippen LogP contribution is 2.56. The summed E-state index contributed by atoms with van der Waals surface area (Å²) < 4.78 is 0. The average Bonchev–Trinajstić information content (AvgIpc) is 2.31. The van der Waals surface area contributed by atoms with Gasteiger partial charge >= 0.3 is 0 Å². The molecule has 2 rings (SSSR count). The number of rotatable bonds is 0. The first-order chi connectivity index (χ1) is 6.06. The zero-order valence-electron chi connectivity index (χ0n) is 9.17. The lowest BCUT2D eigenvalue weighted by Gasteiger charge is -2.38. The molecule has 0 saturated heterocycles. The molecule has 0 radical (unpaired) electrons. The molecule has 0 aliphatic heterocycles. The molecular formula is C13H20. The molecular weight excluding hydrogens is 156 g/mol. The molecule has 0 aromatic carbocycles. The third kappa shape index (κ3) is 1.04. The zero-order chi connectivity index (χ0) is 9.64. The van der Waals surface area contributed by atoms with Crippen LogP contribution >= 0.6 is 0 Å². The SMILES string of the molecule is CC1=CC=CC2CC(C)C(C)C12C. The Labute approximate surface area is 81.7 Å². The summed E-state index contributed by atoms with van der Waals surface area (Å²) in [6.45, 7) is 9.56. The summed E-state index contributed by atoms with van der Waals surface area (Å²) in [5.74, 6) is 2.50. The van der Waals surface area contributed by atoms with Crippen molar-refractivity contribution in [1.29, 1.82) is 0 Å². The number of hydrogen-bond acceptors (Lipinski definition) is 0. The Balaban J connectivity index is 2.42. The van der Waals surface area contributed by atoms with Gasteiger partial charge in [0, 0.05) is 0 Å². The van der Waals surface area contributed by atoms with Crippen molar-refractivity contribution in [3.63, 3.8) is 0 Å². The Kier molecular flexibility index (Phi) is 1.90. The number of allylic oxidation sites excluding steroid dienone is 4. The standard InChI is InChI=1S/C13H20/c1-9-8-12-7-5-6-10(2)13(12,4)11(9)3/h5-7,9,11-12H,8H2,1-4H3. The summed E-state index contributed by atoms with van der Waals surface area (Å²) in [4.78, 5) is 0. The fraction of sp³-hybridized carbons (Fsp3) is 0.692. The van der Waals surface area contributed by atoms with Crippen molar-refractivity contribution in [2.24, 2.45) is 23.2 Å². The Morgan fingerprint density at radius 1 is 1.38 bits per heavy atom. The lowest BCUT2D eigenvalue weighted by molar-refractivity contribution is 0.235. The van der Waals surface area contributed by atoms with Crippen molar-refractivity contribution in [3.05, 3.63) is 23.8 Å². The molecule has 13 heavy (non-hydrogen) atoms. The summed E-state index contributed by atoms with van der Waals surface area (Å²) in [6.07, 6.45) is 8.32. The normalized spacial score (nSPS) is 48.9. The van der Waals surface area contributed by atoms with Gasteiger partial charge in [0.15, 0.2) is 0 Å². The van der Waals surface area contributed by atoms with Gasteiger partial charge in [0.25, 0.3) is 0 Å². The van der Waals surface area contributed by atoms with Crippen molar-refractivity contribution >= 4 is 0 Å². The molecule has 72 valence electrons. The van der Waals surface area contributed by atoms with Gasteiger partial charge in [-0.25, -0.2) is 0 Å². The molecule has 0 N–H and O–H groups in total. The van der Waals surface area contributed by atoms with Gasteiger partial charge in [-0.05, 0) is 36.5 Å². The fourth-order valence-electron chi connectivity index (χ4n) is 3.22. The molecule has 0 nitrogen and oxygen atoms in total. The van der Waals surface area contributed by atoms with Crippen molar-refractivity contribution < 1.29 is 0 Å². The third-order valence-electron chi connectivity index (χ3n) is 4.73. The molecule has 2 aliphatic carbocycles. The molecule has 0 heteroatoms. The summed E-state index contributed by atoms with van der Waals surface area (Å²) in [5, 5.41) is 0. The first-order valence-corrected chi connectivity index (χ1v) is 5.42. The Bertz CT molecular complexity index is 272. The van der Waals surface area contributed by atoms with Crippen molar-refractivity contribution in [3.8, 4) is 0 Å². The predicted molar refractivity (Wildman–Crippen MR) is 57.4 cm³/mol. The maximum absolute atomic E-state index is 2.45. The van der Waals surface area contributed by atoms with Crippen LogP contribution in [0.3, 0.4) is 0 Å². The van der Waals surface area contributed by atoms with Gasteiger partial charge in [-0.15, -0.1) is 0 Å². The molecule has 1 fully saturated rings. The second kappa shape index (κ2) is 2.73. The molecule has 0 spiro atoms. The van der Waals surface area contributed by atoms with Crippen LogP contribution in [0.5, 0.6) is 0 Å². The van der Waals surface area contributed by atoms with Crippen LogP contribution in [0.15, 0.2) is 23.8 Å². The van der Waals surface area contributed by atoms with Gasteiger partial charge < -0.3 is 0 Å². The molecule has 2 aliphatic rings. The molecule has 0 aromatic rings. The van der Waals surface area contributed by atoms with E-state index in [4.69, 9.17) is 0 Å². The van der Waals surface area contributed by atoms with Gasteiger partial charge in [-0.1, -0.05) is 44.6 Å². The van der Waals surface area contributed by atoms with E-state index in [-0.39, 0.29) is 0 Å². The number of fused-ring (bicyclic) bond motifs is 1. The Hall–Kier alpha value is -0.520. The highest BCUT2D eigenvalue weighted by atomic mass is 14.5. The smallest absolute Gasteiger partial charge is 0.00250 e. The Morgan fingerprint density at radius 2 is 2.08 bits per heavy atom. The minimum Gasteiger partial charge on any atom is -0.0805 e. The van der Waals surface area contributed by atoms with Gasteiger partial charge in [-0.3, -0.25) is 0 Å². The minimum absolute atomic E-state index is 0.453. The average molecular weight is 176 g/mol. The first-order valence-electron chi connectivity index (χ1n) is 5.42. The van der Waals surface area contributed by atoms with Crippen LogP contribution in [0.4, 0.5) is 0 Å². The van der Waals surface area contributed by atoms with E-state index in [0.29, 0.717) is 5.41 Å². The minimum atomic E-state index is 0.453. The number of hydrogen-bond donors (Lipinski definition) is 0. The first kappa shape index (κ1) is 9.05. The molecule has 1 saturated carbocycles. The molecule has 0 bridgehead atoms. The topological polar surface area (TPSA) is 0 Å². The summed E-state index contributed by atoms with van der Waals surface area (Å²) in [5.41, 5.74) is 2.03. The van der Waals surface area contributed by atoms with Crippen LogP contribution < -0.4 is 0 Å². The van der Waals surface area contributed by atoms with Crippen LogP contribution in [-0.2, 0) is 0 Å². The monoisotopic (exact) mass is 176 g/mol. The quantitative estimate of drug-likeness (QED) is 0.526. The van der Waals surface area contributed by atoms with Crippen molar-refractivity contribution in [2.45, 2.75) is 34.1 Å². The summed E-state index contributed by atoms with van der Waals surface area (Å²) in [7, 11) is 0. The van der Waals surface area contributed by atoms with E-state index < -0.39 is 0 Å². The summed E-state index contributed by atoms with van der Waals surface area (Å²) >= 11 is 0. The highest BCUT2D eigenvalue weighted by Gasteiger charge is 2.48. The van der Waals surface area contributed by atoms with Gasteiger partial charge in [0.1, 0.15) is 0 Å². The predicted octanol–water partition coefficient (Wildman–Crippen LogP) is 3.80. The second-order valence-corrected chi connectivity index (χ2v) is 5.13. The molecule has 0 heterocycles. The van der Waals surface area contributed by atoms with Gasteiger partial charge in [0.2, 0.25) is 0 Å². The van der Waals surface area contributed by atoms with E-state index in [9.17, 15) is 0 Å². The van der Waals surface area contributed by atoms with Crippen LogP contribution in [0.1, 0.15) is 34.1 Å². The van der Waals surface area contributed by atoms with Crippen LogP contribution in [0, 0.1) is 23.2 Å². The van der Waals surface area contributed by atoms with Crippen LogP contribution in [-0.4, -0.2) is 0 Å². The summed E-state index contributed by atoms with van der Waals surface area (Å²) in [6, 6.07) is 0. The van der Waals surface area contributed by atoms with Crippen LogP contribution in [0.2, 0.25) is 0 Å². The second-order valence-electron chi connectivity index (χ2n) is 5.13. The van der Waals surface area contributed by atoms with E-state index in [1.807, 2.05) is 0 Å². The molecule has 4 atom stereocenters. The van der Waals surface area contributed by atoms with E-state index in [1.165, 1.54) is 6.42 Å². The van der Waals surface area contributed by atoms with Gasteiger partial charge in [-0.2, -0.15) is 0 Å². The lowest BCUT2D eigenvalue weighted by atomic mass is 9.67. The van der Waals surface area contributed by atoms with E-state index in [1.54, 1.807) is 5.57 Å². The van der Waals surface area contributed by atoms with Gasteiger partial charge in [0.05, 0.1) is 0 Å². The molecule has 4 unspecified atom stereocenters.